The molecule has 0 aromatic heterocycles. The molecular formula is C17H23NO3. The fourth-order valence-corrected chi connectivity index (χ4v) is 3.26. The van der Waals surface area contributed by atoms with Crippen LogP contribution in [0.15, 0.2) is 18.2 Å². The van der Waals surface area contributed by atoms with E-state index in [2.05, 4.69) is 19.2 Å². The van der Waals surface area contributed by atoms with Crippen molar-refractivity contribution in [3.8, 4) is 0 Å². The van der Waals surface area contributed by atoms with Gasteiger partial charge in [-0.05, 0) is 36.8 Å². The second-order valence-corrected chi connectivity index (χ2v) is 6.58. The van der Waals surface area contributed by atoms with Crippen LogP contribution in [0.2, 0.25) is 0 Å². The summed E-state index contributed by atoms with van der Waals surface area (Å²) in [4.78, 5) is 23.9. The van der Waals surface area contributed by atoms with E-state index in [0.717, 1.165) is 25.7 Å². The van der Waals surface area contributed by atoms with Crippen LogP contribution in [0.4, 0.5) is 5.69 Å². The molecule has 1 saturated carbocycles. The Morgan fingerprint density at radius 2 is 2.00 bits per heavy atom. The lowest BCUT2D eigenvalue weighted by Crippen LogP contribution is -2.37. The normalized spacial score (nSPS) is 20.8. The maximum Gasteiger partial charge on any atom is 0.338 e. The predicted molar refractivity (Wildman–Crippen MR) is 82.5 cm³/mol. The van der Waals surface area contributed by atoms with Crippen molar-refractivity contribution in [2.45, 2.75) is 46.5 Å². The summed E-state index contributed by atoms with van der Waals surface area (Å²) in [6, 6.07) is 5.16. The number of carboxylic acid groups (broad SMARTS) is 1. The molecule has 0 aliphatic heterocycles. The number of rotatable bonds is 3. The summed E-state index contributed by atoms with van der Waals surface area (Å²) < 4.78 is 0. The Hall–Kier alpha value is -1.84. The molecule has 1 aromatic rings. The predicted octanol–water partition coefficient (Wildman–Crippen LogP) is 3.85. The number of hydrogen-bond donors (Lipinski definition) is 2. The molecule has 1 aliphatic rings. The zero-order valence-electron chi connectivity index (χ0n) is 12.9. The summed E-state index contributed by atoms with van der Waals surface area (Å²) in [7, 11) is 0. The smallest absolute Gasteiger partial charge is 0.338 e. The van der Waals surface area contributed by atoms with Gasteiger partial charge in [0.25, 0.3) is 0 Å². The lowest BCUT2D eigenvalue weighted by atomic mass is 9.68. The lowest BCUT2D eigenvalue weighted by Gasteiger charge is -2.37. The van der Waals surface area contributed by atoms with Gasteiger partial charge in [-0.2, -0.15) is 0 Å². The topological polar surface area (TPSA) is 66.4 Å². The Bertz CT molecular complexity index is 563. The molecule has 2 rings (SSSR count). The van der Waals surface area contributed by atoms with Crippen molar-refractivity contribution in [3.63, 3.8) is 0 Å². The molecule has 4 nitrogen and oxygen atoms in total. The molecule has 0 radical (unpaired) electrons. The third-order valence-corrected chi connectivity index (χ3v) is 4.57. The number of carbonyl (C=O) groups is 2. The molecule has 0 spiro atoms. The number of anilines is 1. The number of aryl methyl sites for hydroxylation is 1. The van der Waals surface area contributed by atoms with Crippen LogP contribution in [0, 0.1) is 18.3 Å². The summed E-state index contributed by atoms with van der Waals surface area (Å²) in [5.41, 5.74) is 1.20. The van der Waals surface area contributed by atoms with E-state index in [1.807, 2.05) is 0 Å². The van der Waals surface area contributed by atoms with E-state index in [1.165, 1.54) is 0 Å². The van der Waals surface area contributed by atoms with Crippen LogP contribution in [0.5, 0.6) is 0 Å². The van der Waals surface area contributed by atoms with Gasteiger partial charge in [-0.3, -0.25) is 4.79 Å². The van der Waals surface area contributed by atoms with Crippen LogP contribution >= 0.6 is 0 Å². The van der Waals surface area contributed by atoms with Gasteiger partial charge in [0, 0.05) is 5.92 Å². The second kappa shape index (κ2) is 5.88. The zero-order chi connectivity index (χ0) is 15.6. The van der Waals surface area contributed by atoms with Crippen LogP contribution in [0.3, 0.4) is 0 Å². The molecule has 0 bridgehead atoms. The van der Waals surface area contributed by atoms with Gasteiger partial charge in [-0.25, -0.2) is 4.79 Å². The highest BCUT2D eigenvalue weighted by molar-refractivity contribution is 6.02. The molecule has 0 heterocycles. The molecule has 114 valence electrons. The molecule has 4 heteroatoms. The number of carboxylic acids is 1. The highest BCUT2D eigenvalue weighted by atomic mass is 16.4. The quantitative estimate of drug-likeness (QED) is 0.888. The number of nitrogens with one attached hydrogen (secondary N) is 1. The number of hydrogen-bond acceptors (Lipinski definition) is 2. The van der Waals surface area contributed by atoms with E-state index in [1.54, 1.807) is 25.1 Å². The SMILES string of the molecule is Cc1cccc(NC(=O)C2CCCCC2(C)C)c1C(=O)O. The summed E-state index contributed by atoms with van der Waals surface area (Å²) in [5, 5.41) is 12.2. The van der Waals surface area contributed by atoms with Crippen molar-refractivity contribution >= 4 is 17.6 Å². The highest BCUT2D eigenvalue weighted by Crippen LogP contribution is 2.41. The standard InChI is InChI=1S/C17H23NO3/c1-11-7-6-9-13(14(11)16(20)21)18-15(19)12-8-4-5-10-17(12,2)3/h6-7,9,12H,4-5,8,10H2,1-3H3,(H,18,19)(H,20,21). The molecule has 0 saturated heterocycles. The van der Waals surface area contributed by atoms with E-state index in [-0.39, 0.29) is 22.8 Å². The Balaban J connectivity index is 2.24. The number of aromatic carboxylic acids is 1. The summed E-state index contributed by atoms with van der Waals surface area (Å²) >= 11 is 0. The Morgan fingerprint density at radius 1 is 1.29 bits per heavy atom. The number of benzene rings is 1. The van der Waals surface area contributed by atoms with Crippen LogP contribution in [-0.2, 0) is 4.79 Å². The minimum atomic E-state index is -1.01. The van der Waals surface area contributed by atoms with Gasteiger partial charge in [0.1, 0.15) is 0 Å². The van der Waals surface area contributed by atoms with Gasteiger partial charge in [-0.15, -0.1) is 0 Å². The largest absolute Gasteiger partial charge is 0.478 e. The van der Waals surface area contributed by atoms with Crippen molar-refractivity contribution in [2.24, 2.45) is 11.3 Å². The van der Waals surface area contributed by atoms with Crippen LogP contribution in [0.25, 0.3) is 0 Å². The lowest BCUT2D eigenvalue weighted by molar-refractivity contribution is -0.124. The Morgan fingerprint density at radius 3 is 2.62 bits per heavy atom. The van der Waals surface area contributed by atoms with Crippen molar-refractivity contribution in [2.75, 3.05) is 5.32 Å². The molecule has 1 unspecified atom stereocenters. The average molecular weight is 289 g/mol. The van der Waals surface area contributed by atoms with Gasteiger partial charge in [0.2, 0.25) is 5.91 Å². The third-order valence-electron chi connectivity index (χ3n) is 4.57. The molecule has 1 atom stereocenters. The molecule has 1 aromatic carbocycles. The first-order chi connectivity index (χ1) is 9.83. The molecular weight excluding hydrogens is 266 g/mol. The first-order valence-corrected chi connectivity index (χ1v) is 7.47. The van der Waals surface area contributed by atoms with Crippen LogP contribution in [-0.4, -0.2) is 17.0 Å². The minimum absolute atomic E-state index is 0.0322. The number of amides is 1. The van der Waals surface area contributed by atoms with Crippen LogP contribution < -0.4 is 5.32 Å². The molecule has 1 aliphatic carbocycles. The fraction of sp³-hybridized carbons (Fsp3) is 0.529. The van der Waals surface area contributed by atoms with Crippen molar-refractivity contribution < 1.29 is 14.7 Å². The van der Waals surface area contributed by atoms with Crippen molar-refractivity contribution in [1.29, 1.82) is 0 Å². The van der Waals surface area contributed by atoms with Crippen molar-refractivity contribution in [1.82, 2.24) is 0 Å². The van der Waals surface area contributed by atoms with Gasteiger partial charge in [0.15, 0.2) is 0 Å². The van der Waals surface area contributed by atoms with E-state index in [0.29, 0.717) is 11.3 Å². The molecule has 1 fully saturated rings. The maximum atomic E-state index is 12.6. The first kappa shape index (κ1) is 15.5. The van der Waals surface area contributed by atoms with E-state index >= 15 is 0 Å². The zero-order valence-corrected chi connectivity index (χ0v) is 12.9. The minimum Gasteiger partial charge on any atom is -0.478 e. The highest BCUT2D eigenvalue weighted by Gasteiger charge is 2.37. The molecule has 21 heavy (non-hydrogen) atoms. The molecule has 2 N–H and O–H groups in total. The monoisotopic (exact) mass is 289 g/mol. The average Bonchev–Trinajstić information content (AvgIpc) is 2.37. The fourth-order valence-electron chi connectivity index (χ4n) is 3.26. The maximum absolute atomic E-state index is 12.6. The van der Waals surface area contributed by atoms with E-state index in [4.69, 9.17) is 0 Å². The number of carbonyl (C=O) groups excluding carboxylic acids is 1. The Labute approximate surface area is 125 Å². The van der Waals surface area contributed by atoms with E-state index in [9.17, 15) is 14.7 Å². The summed E-state index contributed by atoms with van der Waals surface area (Å²) in [5.74, 6) is -1.13. The third kappa shape index (κ3) is 3.26. The first-order valence-electron chi connectivity index (χ1n) is 7.47. The molecule has 1 amide bonds. The van der Waals surface area contributed by atoms with Gasteiger partial charge in [0.05, 0.1) is 11.3 Å². The summed E-state index contributed by atoms with van der Waals surface area (Å²) in [6.07, 6.45) is 4.11. The summed E-state index contributed by atoms with van der Waals surface area (Å²) in [6.45, 7) is 5.97. The van der Waals surface area contributed by atoms with Crippen LogP contribution in [0.1, 0.15) is 55.5 Å². The van der Waals surface area contributed by atoms with Gasteiger partial charge < -0.3 is 10.4 Å². The van der Waals surface area contributed by atoms with Gasteiger partial charge >= 0.3 is 5.97 Å². The Kier molecular flexibility index (Phi) is 4.35. The second-order valence-electron chi connectivity index (χ2n) is 6.58. The van der Waals surface area contributed by atoms with E-state index < -0.39 is 5.97 Å². The van der Waals surface area contributed by atoms with Crippen molar-refractivity contribution in [3.05, 3.63) is 29.3 Å². The van der Waals surface area contributed by atoms with Gasteiger partial charge in [-0.1, -0.05) is 38.8 Å².